The molecule has 106 valence electrons. The van der Waals surface area contributed by atoms with Gasteiger partial charge >= 0.3 is 0 Å². The fourth-order valence-corrected chi connectivity index (χ4v) is 2.87. The summed E-state index contributed by atoms with van der Waals surface area (Å²) in [5, 5.41) is 4.50. The minimum absolute atomic E-state index is 0.345. The van der Waals surface area contributed by atoms with E-state index >= 15 is 0 Å². The number of rotatable bonds is 4. The number of hydrogen-bond acceptors (Lipinski definition) is 3. The van der Waals surface area contributed by atoms with Crippen LogP contribution in [0.4, 0.5) is 4.39 Å². The fourth-order valence-electron chi connectivity index (χ4n) is 2.35. The Morgan fingerprint density at radius 1 is 1.45 bits per heavy atom. The van der Waals surface area contributed by atoms with Crippen molar-refractivity contribution in [2.24, 2.45) is 0 Å². The molecule has 4 nitrogen and oxygen atoms in total. The van der Waals surface area contributed by atoms with Crippen LogP contribution in [-0.4, -0.2) is 27.5 Å². The van der Waals surface area contributed by atoms with Gasteiger partial charge in [-0.3, -0.25) is 9.67 Å². The van der Waals surface area contributed by atoms with Gasteiger partial charge in [0, 0.05) is 19.3 Å². The van der Waals surface area contributed by atoms with Crippen LogP contribution >= 0.6 is 15.9 Å². The lowest BCUT2D eigenvalue weighted by Crippen LogP contribution is -2.10. The maximum Gasteiger partial charge on any atom is 0.141 e. The summed E-state index contributed by atoms with van der Waals surface area (Å²) < 4.78 is 21.2. The first kappa shape index (κ1) is 13.7. The van der Waals surface area contributed by atoms with Crippen LogP contribution in [0.25, 0.3) is 11.4 Å². The van der Waals surface area contributed by atoms with Crippen LogP contribution in [0.1, 0.15) is 19.3 Å². The van der Waals surface area contributed by atoms with Crippen LogP contribution in [0.5, 0.6) is 0 Å². The van der Waals surface area contributed by atoms with Gasteiger partial charge in [0.25, 0.3) is 0 Å². The summed E-state index contributed by atoms with van der Waals surface area (Å²) in [4.78, 5) is 4.05. The molecule has 6 heteroatoms. The maximum atomic E-state index is 12.9. The molecule has 3 heterocycles. The molecular formula is C14H15BrFN3O. The number of hydrogen-bond donors (Lipinski definition) is 0. The summed E-state index contributed by atoms with van der Waals surface area (Å²) in [6, 6.07) is 3.02. The van der Waals surface area contributed by atoms with Crippen LogP contribution in [0, 0.1) is 5.82 Å². The lowest BCUT2D eigenvalue weighted by Gasteiger charge is -2.08. The Hall–Kier alpha value is -1.27. The molecule has 2 aromatic rings. The van der Waals surface area contributed by atoms with Gasteiger partial charge in [-0.25, -0.2) is 4.39 Å². The minimum atomic E-state index is -0.345. The molecule has 0 saturated carbocycles. The van der Waals surface area contributed by atoms with Crippen molar-refractivity contribution in [1.82, 2.24) is 14.8 Å². The zero-order valence-electron chi connectivity index (χ0n) is 10.9. The minimum Gasteiger partial charge on any atom is -0.378 e. The normalized spacial score (nSPS) is 18.6. The smallest absolute Gasteiger partial charge is 0.141 e. The van der Waals surface area contributed by atoms with Crippen molar-refractivity contribution >= 4 is 15.9 Å². The maximum absolute atomic E-state index is 12.9. The molecule has 0 N–H and O–H groups in total. The van der Waals surface area contributed by atoms with Crippen molar-refractivity contribution in [2.75, 3.05) is 6.61 Å². The molecule has 0 amide bonds. The van der Waals surface area contributed by atoms with E-state index in [0.717, 1.165) is 42.6 Å². The highest BCUT2D eigenvalue weighted by atomic mass is 79.9. The number of nitrogens with zero attached hydrogens (tertiary/aromatic N) is 3. The first-order valence-electron chi connectivity index (χ1n) is 6.69. The largest absolute Gasteiger partial charge is 0.378 e. The number of aromatic nitrogens is 3. The molecule has 0 radical (unpaired) electrons. The third-order valence-electron chi connectivity index (χ3n) is 3.39. The average Bonchev–Trinajstić information content (AvgIpc) is 3.07. The Bertz CT molecular complexity index is 579. The number of ether oxygens (including phenoxy) is 1. The molecule has 1 aliphatic heterocycles. The van der Waals surface area contributed by atoms with Gasteiger partial charge < -0.3 is 4.74 Å². The zero-order chi connectivity index (χ0) is 13.9. The van der Waals surface area contributed by atoms with Gasteiger partial charge in [0.15, 0.2) is 0 Å². The first-order chi connectivity index (χ1) is 9.72. The SMILES string of the molecule is Fc1ccc(-c2nn(CC[C@H]3CCCO3)cc2Br)nc1. The second kappa shape index (κ2) is 6.01. The van der Waals surface area contributed by atoms with Gasteiger partial charge in [-0.2, -0.15) is 5.10 Å². The van der Waals surface area contributed by atoms with E-state index in [-0.39, 0.29) is 5.82 Å². The molecule has 0 spiro atoms. The Morgan fingerprint density at radius 2 is 2.35 bits per heavy atom. The molecule has 0 aromatic carbocycles. The van der Waals surface area contributed by atoms with Crippen molar-refractivity contribution in [3.05, 3.63) is 34.8 Å². The monoisotopic (exact) mass is 339 g/mol. The molecule has 1 saturated heterocycles. The molecule has 1 aliphatic rings. The fraction of sp³-hybridized carbons (Fsp3) is 0.429. The second-order valence-corrected chi connectivity index (χ2v) is 5.73. The van der Waals surface area contributed by atoms with Gasteiger partial charge in [0.05, 0.1) is 22.5 Å². The lowest BCUT2D eigenvalue weighted by atomic mass is 10.2. The van der Waals surface area contributed by atoms with E-state index in [2.05, 4.69) is 26.0 Å². The molecule has 0 bridgehead atoms. The van der Waals surface area contributed by atoms with Crippen molar-refractivity contribution in [3.8, 4) is 11.4 Å². The van der Waals surface area contributed by atoms with Crippen LogP contribution in [0.2, 0.25) is 0 Å². The molecule has 1 fully saturated rings. The van der Waals surface area contributed by atoms with E-state index in [9.17, 15) is 4.39 Å². The summed E-state index contributed by atoms with van der Waals surface area (Å²) in [7, 11) is 0. The molecule has 1 atom stereocenters. The average molecular weight is 340 g/mol. The van der Waals surface area contributed by atoms with Crippen LogP contribution in [0.3, 0.4) is 0 Å². The predicted molar refractivity (Wildman–Crippen MR) is 76.7 cm³/mol. The van der Waals surface area contributed by atoms with Crippen molar-refractivity contribution in [3.63, 3.8) is 0 Å². The molecule has 2 aromatic heterocycles. The number of halogens is 2. The summed E-state index contributed by atoms with van der Waals surface area (Å²) in [5.74, 6) is -0.345. The first-order valence-corrected chi connectivity index (χ1v) is 7.48. The summed E-state index contributed by atoms with van der Waals surface area (Å²) >= 11 is 3.48. The van der Waals surface area contributed by atoms with E-state index in [4.69, 9.17) is 4.74 Å². The molecular weight excluding hydrogens is 325 g/mol. The van der Waals surface area contributed by atoms with E-state index in [1.807, 2.05) is 10.9 Å². The quantitative estimate of drug-likeness (QED) is 0.856. The van der Waals surface area contributed by atoms with Gasteiger partial charge in [0.2, 0.25) is 0 Å². The summed E-state index contributed by atoms with van der Waals surface area (Å²) in [6.45, 7) is 1.68. The predicted octanol–water partition coefficient (Wildman–Crippen LogP) is 3.42. The molecule has 0 unspecified atom stereocenters. The lowest BCUT2D eigenvalue weighted by molar-refractivity contribution is 0.0994. The van der Waals surface area contributed by atoms with Gasteiger partial charge in [-0.15, -0.1) is 0 Å². The van der Waals surface area contributed by atoms with Crippen molar-refractivity contribution < 1.29 is 9.13 Å². The zero-order valence-corrected chi connectivity index (χ0v) is 12.5. The van der Waals surface area contributed by atoms with Gasteiger partial charge in [-0.05, 0) is 47.3 Å². The molecule has 0 aliphatic carbocycles. The Morgan fingerprint density at radius 3 is 3.05 bits per heavy atom. The molecule has 3 rings (SSSR count). The van der Waals surface area contributed by atoms with Crippen molar-refractivity contribution in [2.45, 2.75) is 31.9 Å². The highest BCUT2D eigenvalue weighted by Crippen LogP contribution is 2.25. The molecule has 20 heavy (non-hydrogen) atoms. The number of aryl methyl sites for hydroxylation is 1. The topological polar surface area (TPSA) is 39.9 Å². The Kier molecular flexibility index (Phi) is 4.12. The highest BCUT2D eigenvalue weighted by Gasteiger charge is 2.16. The van der Waals surface area contributed by atoms with E-state index in [1.165, 1.54) is 12.3 Å². The third-order valence-corrected chi connectivity index (χ3v) is 3.97. The Labute approximate surface area is 125 Å². The second-order valence-electron chi connectivity index (χ2n) is 4.87. The Balaban J connectivity index is 1.71. The van der Waals surface area contributed by atoms with Crippen molar-refractivity contribution in [1.29, 1.82) is 0 Å². The van der Waals surface area contributed by atoms with E-state index < -0.39 is 0 Å². The van der Waals surface area contributed by atoms with Crippen LogP contribution < -0.4 is 0 Å². The summed E-state index contributed by atoms with van der Waals surface area (Å²) in [5.41, 5.74) is 1.39. The van der Waals surface area contributed by atoms with Crippen LogP contribution in [-0.2, 0) is 11.3 Å². The van der Waals surface area contributed by atoms with Gasteiger partial charge in [-0.1, -0.05) is 0 Å². The number of pyridine rings is 1. The van der Waals surface area contributed by atoms with E-state index in [0.29, 0.717) is 11.8 Å². The highest BCUT2D eigenvalue weighted by molar-refractivity contribution is 9.10. The van der Waals surface area contributed by atoms with Gasteiger partial charge in [0.1, 0.15) is 11.5 Å². The standard InChI is InChI=1S/C14H15BrFN3O/c15-12-9-19(6-5-11-2-1-7-20-11)18-14(12)13-4-3-10(16)8-17-13/h3-4,8-9,11H,1-2,5-7H2/t11-/m1/s1. The van der Waals surface area contributed by atoms with Crippen LogP contribution in [0.15, 0.2) is 29.0 Å². The third kappa shape index (κ3) is 3.07. The summed E-state index contributed by atoms with van der Waals surface area (Å²) in [6.07, 6.45) is 6.73. The van der Waals surface area contributed by atoms with E-state index in [1.54, 1.807) is 6.07 Å².